The summed E-state index contributed by atoms with van der Waals surface area (Å²) in [6.45, 7) is 8.83. The molecule has 0 spiro atoms. The third-order valence-electron chi connectivity index (χ3n) is 6.09. The molecule has 7 heteroatoms. The van der Waals surface area contributed by atoms with E-state index in [1.165, 1.54) is 15.4 Å². The maximum atomic E-state index is 13.0. The number of carbonyl (C=O) groups excluding carboxylic acids is 1. The Kier molecular flexibility index (Phi) is 7.45. The van der Waals surface area contributed by atoms with Crippen molar-refractivity contribution in [3.8, 4) is 0 Å². The van der Waals surface area contributed by atoms with Crippen LogP contribution in [0, 0.1) is 26.7 Å². The zero-order valence-electron chi connectivity index (χ0n) is 18.6. The van der Waals surface area contributed by atoms with E-state index in [0.29, 0.717) is 30.0 Å². The van der Waals surface area contributed by atoms with Gasteiger partial charge in [0.05, 0.1) is 17.7 Å². The topological polar surface area (TPSA) is 66.5 Å². The van der Waals surface area contributed by atoms with Gasteiger partial charge in [-0.3, -0.25) is 4.79 Å². The summed E-state index contributed by atoms with van der Waals surface area (Å²) in [4.78, 5) is 13.0. The van der Waals surface area contributed by atoms with Crippen molar-refractivity contribution in [2.24, 2.45) is 5.92 Å². The number of halogens is 1. The lowest BCUT2D eigenvalue weighted by molar-refractivity contribution is -0.126. The molecule has 0 bridgehead atoms. The molecule has 0 unspecified atom stereocenters. The molecule has 2 aromatic rings. The Bertz CT molecular complexity index is 1070. The molecular weight excluding hydrogens is 432 g/mol. The molecule has 2 aromatic carbocycles. The van der Waals surface area contributed by atoms with Crippen LogP contribution in [-0.2, 0) is 20.6 Å². The van der Waals surface area contributed by atoms with Crippen molar-refractivity contribution < 1.29 is 13.2 Å². The number of carbonyl (C=O) groups is 1. The van der Waals surface area contributed by atoms with Gasteiger partial charge < -0.3 is 5.32 Å². The van der Waals surface area contributed by atoms with Crippen LogP contribution in [0.1, 0.15) is 53.6 Å². The van der Waals surface area contributed by atoms with Crippen molar-refractivity contribution in [3.05, 3.63) is 69.2 Å². The van der Waals surface area contributed by atoms with Crippen LogP contribution in [0.5, 0.6) is 0 Å². The van der Waals surface area contributed by atoms with Crippen molar-refractivity contribution >= 4 is 27.5 Å². The summed E-state index contributed by atoms with van der Waals surface area (Å²) >= 11 is 5.99. The molecule has 1 saturated heterocycles. The summed E-state index contributed by atoms with van der Waals surface area (Å²) in [6, 6.07) is 11.0. The number of hydrogen-bond acceptors (Lipinski definition) is 3. The molecule has 0 aliphatic carbocycles. The van der Waals surface area contributed by atoms with Gasteiger partial charge in [-0.1, -0.05) is 35.9 Å². The predicted molar refractivity (Wildman–Crippen MR) is 126 cm³/mol. The van der Waals surface area contributed by atoms with Crippen LogP contribution in [0.25, 0.3) is 0 Å². The first-order valence-corrected chi connectivity index (χ1v) is 12.7. The van der Waals surface area contributed by atoms with E-state index in [2.05, 4.69) is 38.2 Å². The van der Waals surface area contributed by atoms with Gasteiger partial charge in [0.2, 0.25) is 15.9 Å². The number of rotatable bonds is 6. The quantitative estimate of drug-likeness (QED) is 0.677. The Morgan fingerprint density at radius 1 is 1.16 bits per heavy atom. The normalized spacial score (nSPS) is 18.5. The van der Waals surface area contributed by atoms with Gasteiger partial charge in [-0.15, -0.1) is 0 Å². The van der Waals surface area contributed by atoms with Crippen molar-refractivity contribution in [1.82, 2.24) is 9.62 Å². The highest BCUT2D eigenvalue weighted by Gasteiger charge is 2.33. The number of aryl methyl sites for hydroxylation is 3. The molecule has 0 saturated carbocycles. The van der Waals surface area contributed by atoms with Gasteiger partial charge in [0.15, 0.2) is 0 Å². The fourth-order valence-corrected chi connectivity index (χ4v) is 6.01. The Morgan fingerprint density at radius 3 is 2.58 bits per heavy atom. The number of nitrogens with zero attached hydrogens (tertiary/aromatic N) is 1. The highest BCUT2D eigenvalue weighted by atomic mass is 35.5. The number of sulfonamides is 1. The molecule has 1 heterocycles. The molecule has 1 N–H and O–H groups in total. The molecule has 0 aromatic heterocycles. The standard InChI is InChI=1S/C24H31ClN2O3S/c1-16-11-18(3)23(12-17(16)2)19(4)26-24(28)21-8-6-10-27(14-21)31(29,30)15-20-7-5-9-22(25)13-20/h5,7,9,11-13,19,21H,6,8,10,14-15H2,1-4H3,(H,26,28)/t19-,21+/m0/s1. The summed E-state index contributed by atoms with van der Waals surface area (Å²) in [5.41, 5.74) is 5.31. The van der Waals surface area contributed by atoms with Crippen LogP contribution in [0.15, 0.2) is 36.4 Å². The highest BCUT2D eigenvalue weighted by molar-refractivity contribution is 7.88. The van der Waals surface area contributed by atoms with E-state index in [1.54, 1.807) is 24.3 Å². The largest absolute Gasteiger partial charge is 0.349 e. The van der Waals surface area contributed by atoms with Gasteiger partial charge in [-0.25, -0.2) is 12.7 Å². The van der Waals surface area contributed by atoms with Crippen LogP contribution in [0.2, 0.25) is 5.02 Å². The van der Waals surface area contributed by atoms with Crippen LogP contribution < -0.4 is 5.32 Å². The molecular formula is C24H31ClN2O3S. The minimum Gasteiger partial charge on any atom is -0.349 e. The molecule has 2 atom stereocenters. The number of nitrogens with one attached hydrogen (secondary N) is 1. The molecule has 1 amide bonds. The third-order valence-corrected chi connectivity index (χ3v) is 8.15. The first kappa shape index (κ1) is 23.8. The lowest BCUT2D eigenvalue weighted by atomic mass is 9.95. The second kappa shape index (κ2) is 9.72. The first-order valence-electron chi connectivity index (χ1n) is 10.7. The van der Waals surface area contributed by atoms with Crippen LogP contribution in [0.3, 0.4) is 0 Å². The first-order chi connectivity index (χ1) is 14.6. The number of amides is 1. The van der Waals surface area contributed by atoms with Crippen molar-refractivity contribution in [2.75, 3.05) is 13.1 Å². The Balaban J connectivity index is 1.67. The minimum atomic E-state index is -3.52. The van der Waals surface area contributed by atoms with E-state index in [-0.39, 0.29) is 30.2 Å². The highest BCUT2D eigenvalue weighted by Crippen LogP contribution is 2.25. The molecule has 168 valence electrons. The third kappa shape index (κ3) is 5.88. The van der Waals surface area contributed by atoms with Gasteiger partial charge in [0.25, 0.3) is 0 Å². The number of hydrogen-bond donors (Lipinski definition) is 1. The van der Waals surface area contributed by atoms with Crippen molar-refractivity contribution in [2.45, 2.75) is 52.3 Å². The maximum Gasteiger partial charge on any atom is 0.224 e. The van der Waals surface area contributed by atoms with E-state index in [9.17, 15) is 13.2 Å². The second-order valence-electron chi connectivity index (χ2n) is 8.61. The lowest BCUT2D eigenvalue weighted by Crippen LogP contribution is -2.46. The fraction of sp³-hybridized carbons (Fsp3) is 0.458. The summed E-state index contributed by atoms with van der Waals surface area (Å²) in [5.74, 6) is -0.551. The molecule has 31 heavy (non-hydrogen) atoms. The van der Waals surface area contributed by atoms with Gasteiger partial charge in [0.1, 0.15) is 0 Å². The summed E-state index contributed by atoms with van der Waals surface area (Å²) in [5, 5.41) is 3.62. The smallest absolute Gasteiger partial charge is 0.224 e. The second-order valence-corrected chi connectivity index (χ2v) is 11.0. The van der Waals surface area contributed by atoms with Crippen molar-refractivity contribution in [3.63, 3.8) is 0 Å². The molecule has 3 rings (SSSR count). The fourth-order valence-electron chi connectivity index (χ4n) is 4.20. The Morgan fingerprint density at radius 2 is 1.87 bits per heavy atom. The zero-order valence-corrected chi connectivity index (χ0v) is 20.2. The van der Waals surface area contributed by atoms with Gasteiger partial charge in [-0.2, -0.15) is 0 Å². The molecule has 1 fully saturated rings. The SMILES string of the molecule is Cc1cc(C)c([C@H](C)NC(=O)[C@@H]2CCCN(S(=O)(=O)Cc3cccc(Cl)c3)C2)cc1C. The van der Waals surface area contributed by atoms with Gasteiger partial charge in [-0.05, 0) is 80.5 Å². The molecule has 0 radical (unpaired) electrons. The summed E-state index contributed by atoms with van der Waals surface area (Å²) in [6.07, 6.45) is 1.36. The summed E-state index contributed by atoms with van der Waals surface area (Å²) in [7, 11) is -3.52. The lowest BCUT2D eigenvalue weighted by Gasteiger charge is -2.32. The van der Waals surface area contributed by atoms with E-state index < -0.39 is 10.0 Å². The minimum absolute atomic E-state index is 0.0900. The van der Waals surface area contributed by atoms with E-state index in [0.717, 1.165) is 11.1 Å². The monoisotopic (exact) mass is 462 g/mol. The average molecular weight is 463 g/mol. The van der Waals surface area contributed by atoms with Crippen molar-refractivity contribution in [1.29, 1.82) is 0 Å². The van der Waals surface area contributed by atoms with Crippen LogP contribution >= 0.6 is 11.6 Å². The van der Waals surface area contributed by atoms with Gasteiger partial charge >= 0.3 is 0 Å². The predicted octanol–water partition coefficient (Wildman–Crippen LogP) is 4.68. The van der Waals surface area contributed by atoms with E-state index >= 15 is 0 Å². The Labute approximate surface area is 190 Å². The molecule has 1 aliphatic heterocycles. The van der Waals surface area contributed by atoms with Crippen LogP contribution in [0.4, 0.5) is 0 Å². The zero-order chi connectivity index (χ0) is 22.8. The van der Waals surface area contributed by atoms with Crippen LogP contribution in [-0.4, -0.2) is 31.7 Å². The average Bonchev–Trinajstić information content (AvgIpc) is 2.70. The molecule has 1 aliphatic rings. The summed E-state index contributed by atoms with van der Waals surface area (Å²) < 4.78 is 27.3. The maximum absolute atomic E-state index is 13.0. The molecule has 5 nitrogen and oxygen atoms in total. The Hall–Kier alpha value is -1.89. The number of benzene rings is 2. The van der Waals surface area contributed by atoms with Gasteiger partial charge in [0, 0.05) is 18.1 Å². The van der Waals surface area contributed by atoms with E-state index in [4.69, 9.17) is 11.6 Å². The number of piperidine rings is 1. The van der Waals surface area contributed by atoms with E-state index in [1.807, 2.05) is 6.92 Å².